The molecule has 0 fully saturated rings. The zero-order chi connectivity index (χ0) is 20.8. The second-order valence-electron chi connectivity index (χ2n) is 6.14. The van der Waals surface area contributed by atoms with Gasteiger partial charge in [-0.2, -0.15) is 0 Å². The van der Waals surface area contributed by atoms with Crippen LogP contribution in [0.5, 0.6) is 5.75 Å². The predicted molar refractivity (Wildman–Crippen MR) is 111 cm³/mol. The van der Waals surface area contributed by atoms with Crippen LogP contribution in [0.25, 0.3) is 0 Å². The summed E-state index contributed by atoms with van der Waals surface area (Å²) in [5.41, 5.74) is 1.76. The number of rotatable bonds is 7. The van der Waals surface area contributed by atoms with Crippen LogP contribution in [0.15, 0.2) is 65.6 Å². The molecule has 0 spiro atoms. The molecular formula is C21H17ClF2N2O2S. The summed E-state index contributed by atoms with van der Waals surface area (Å²) in [7, 11) is 0. The lowest BCUT2D eigenvalue weighted by atomic mass is 10.1. The smallest absolute Gasteiger partial charge is 0.228 e. The number of halogens is 3. The van der Waals surface area contributed by atoms with E-state index in [4.69, 9.17) is 21.5 Å². The van der Waals surface area contributed by atoms with Crippen LogP contribution in [0, 0.1) is 11.6 Å². The van der Waals surface area contributed by atoms with Gasteiger partial charge in [-0.05, 0) is 72.1 Å². The summed E-state index contributed by atoms with van der Waals surface area (Å²) < 4.78 is 31.9. The molecule has 0 atom stereocenters. The van der Waals surface area contributed by atoms with Crippen molar-refractivity contribution in [3.63, 3.8) is 0 Å². The summed E-state index contributed by atoms with van der Waals surface area (Å²) in [5, 5.41) is 8.81. The highest BCUT2D eigenvalue weighted by Crippen LogP contribution is 2.25. The number of hydrogen-bond donors (Lipinski definition) is 2. The lowest BCUT2D eigenvalue weighted by Gasteiger charge is -2.12. The van der Waals surface area contributed by atoms with E-state index < -0.39 is 5.82 Å². The van der Waals surface area contributed by atoms with Crippen molar-refractivity contribution in [2.45, 2.75) is 17.9 Å². The lowest BCUT2D eigenvalue weighted by Crippen LogP contribution is -2.15. The number of benzene rings is 3. The fraction of sp³-hybridized carbons (Fsp3) is 0.0952. The van der Waals surface area contributed by atoms with Crippen LogP contribution in [-0.4, -0.2) is 5.91 Å². The first-order valence-corrected chi connectivity index (χ1v) is 9.82. The second kappa shape index (κ2) is 9.73. The summed E-state index contributed by atoms with van der Waals surface area (Å²) in [6.07, 6.45) is -0.0584. The molecular weight excluding hydrogens is 418 g/mol. The molecule has 0 unspecified atom stereocenters. The fourth-order valence-electron chi connectivity index (χ4n) is 2.61. The molecule has 3 N–H and O–H groups in total. The molecule has 29 heavy (non-hydrogen) atoms. The molecule has 4 nitrogen and oxygen atoms in total. The third-order valence-electron chi connectivity index (χ3n) is 4.04. The van der Waals surface area contributed by atoms with Gasteiger partial charge in [-0.3, -0.25) is 9.93 Å². The Morgan fingerprint density at radius 2 is 1.72 bits per heavy atom. The van der Waals surface area contributed by atoms with E-state index in [0.717, 1.165) is 17.5 Å². The first-order chi connectivity index (χ1) is 13.9. The Balaban J connectivity index is 1.65. The van der Waals surface area contributed by atoms with Crippen molar-refractivity contribution in [1.29, 1.82) is 0 Å². The number of nitrogens with two attached hydrogens (primary N) is 1. The Morgan fingerprint density at radius 1 is 1.00 bits per heavy atom. The van der Waals surface area contributed by atoms with Crippen LogP contribution in [0.1, 0.15) is 11.1 Å². The Hall–Kier alpha value is -2.61. The lowest BCUT2D eigenvalue weighted by molar-refractivity contribution is -0.115. The molecule has 3 aromatic carbocycles. The normalized spacial score (nSPS) is 10.6. The molecule has 3 aromatic rings. The number of hydrogen-bond acceptors (Lipinski definition) is 4. The summed E-state index contributed by atoms with van der Waals surface area (Å²) in [6, 6.07) is 14.8. The van der Waals surface area contributed by atoms with E-state index in [1.54, 1.807) is 18.2 Å². The summed E-state index contributed by atoms with van der Waals surface area (Å²) in [4.78, 5) is 13.0. The van der Waals surface area contributed by atoms with Gasteiger partial charge in [0.15, 0.2) is 0 Å². The minimum atomic E-state index is -0.454. The molecule has 8 heteroatoms. The number of ether oxygens (including phenoxy) is 1. The van der Waals surface area contributed by atoms with Crippen LogP contribution in [0.3, 0.4) is 0 Å². The minimum absolute atomic E-state index is 0.0584. The van der Waals surface area contributed by atoms with Crippen molar-refractivity contribution in [2.24, 2.45) is 5.14 Å². The number of nitrogens with one attached hydrogen (secondary N) is 1. The summed E-state index contributed by atoms with van der Waals surface area (Å²) in [5.74, 6) is -0.593. The number of carbonyl (C=O) groups is 1. The molecule has 0 bridgehead atoms. The molecule has 1 amide bonds. The average Bonchev–Trinajstić information content (AvgIpc) is 2.70. The van der Waals surface area contributed by atoms with Gasteiger partial charge in [0.1, 0.15) is 24.0 Å². The van der Waals surface area contributed by atoms with Crippen LogP contribution in [0.4, 0.5) is 14.5 Å². The Labute approximate surface area is 176 Å². The molecule has 0 radical (unpaired) electrons. The highest BCUT2D eigenvalue weighted by atomic mass is 35.5. The average molecular weight is 435 g/mol. The van der Waals surface area contributed by atoms with Gasteiger partial charge in [-0.1, -0.05) is 17.7 Å². The van der Waals surface area contributed by atoms with Crippen LogP contribution in [-0.2, 0) is 17.8 Å². The largest absolute Gasteiger partial charge is 0.489 e. The van der Waals surface area contributed by atoms with Gasteiger partial charge in [-0.15, -0.1) is 0 Å². The van der Waals surface area contributed by atoms with Gasteiger partial charge in [0.25, 0.3) is 0 Å². The molecule has 0 heterocycles. The zero-order valence-corrected chi connectivity index (χ0v) is 16.7. The molecule has 0 aromatic heterocycles. The Morgan fingerprint density at radius 3 is 2.45 bits per heavy atom. The molecule has 0 saturated heterocycles. The van der Waals surface area contributed by atoms with Crippen LogP contribution >= 0.6 is 23.5 Å². The van der Waals surface area contributed by atoms with Gasteiger partial charge >= 0.3 is 0 Å². The van der Waals surface area contributed by atoms with Crippen molar-refractivity contribution in [3.8, 4) is 5.75 Å². The minimum Gasteiger partial charge on any atom is -0.489 e. The summed E-state index contributed by atoms with van der Waals surface area (Å²) in [6.45, 7) is 0.234. The highest BCUT2D eigenvalue weighted by Gasteiger charge is 2.11. The van der Waals surface area contributed by atoms with Crippen molar-refractivity contribution in [2.75, 3.05) is 5.32 Å². The quantitative estimate of drug-likeness (QED) is 0.492. The topological polar surface area (TPSA) is 64.3 Å². The second-order valence-corrected chi connectivity index (χ2v) is 7.23. The van der Waals surface area contributed by atoms with Crippen molar-refractivity contribution in [3.05, 3.63) is 88.4 Å². The SMILES string of the molecule is NSc1cc(NC(=O)Cc2cc(F)ccc2Cl)ccc1COc1ccc(F)cc1. The third kappa shape index (κ3) is 5.93. The van der Waals surface area contributed by atoms with Gasteiger partial charge in [-0.25, -0.2) is 8.78 Å². The standard InChI is InChI=1S/C21H17ClF2N2O2S/c22-19-8-4-16(24)9-14(19)10-21(27)26-17-5-1-13(20(11-17)29-25)12-28-18-6-2-15(23)3-7-18/h1-9,11H,10,12,25H2,(H,26,27). The van der Waals surface area contributed by atoms with E-state index in [1.165, 1.54) is 42.5 Å². The van der Waals surface area contributed by atoms with Crippen LogP contribution < -0.4 is 15.2 Å². The predicted octanol–water partition coefficient (Wildman–Crippen LogP) is 5.34. The van der Waals surface area contributed by atoms with E-state index in [1.807, 2.05) is 0 Å². The maximum atomic E-state index is 13.3. The van der Waals surface area contributed by atoms with Gasteiger partial charge in [0, 0.05) is 21.2 Å². The first kappa shape index (κ1) is 21.1. The molecule has 0 aliphatic rings. The van der Waals surface area contributed by atoms with Crippen LogP contribution in [0.2, 0.25) is 5.02 Å². The van der Waals surface area contributed by atoms with E-state index in [0.29, 0.717) is 26.9 Å². The Kier molecular flexibility index (Phi) is 7.09. The van der Waals surface area contributed by atoms with Gasteiger partial charge in [0.2, 0.25) is 5.91 Å². The molecule has 3 rings (SSSR count). The van der Waals surface area contributed by atoms with E-state index in [2.05, 4.69) is 5.32 Å². The van der Waals surface area contributed by atoms with Crippen molar-refractivity contribution < 1.29 is 18.3 Å². The number of amides is 1. The third-order valence-corrected chi connectivity index (χ3v) is 5.05. The molecule has 0 saturated carbocycles. The molecule has 0 aliphatic carbocycles. The van der Waals surface area contributed by atoms with Gasteiger partial charge in [0.05, 0.1) is 6.42 Å². The molecule has 150 valence electrons. The van der Waals surface area contributed by atoms with E-state index in [9.17, 15) is 13.6 Å². The first-order valence-electron chi connectivity index (χ1n) is 8.56. The Bertz CT molecular complexity index is 1020. The van der Waals surface area contributed by atoms with E-state index >= 15 is 0 Å². The number of anilines is 1. The highest BCUT2D eigenvalue weighted by molar-refractivity contribution is 7.97. The van der Waals surface area contributed by atoms with E-state index in [-0.39, 0.29) is 24.8 Å². The van der Waals surface area contributed by atoms with Gasteiger partial charge < -0.3 is 10.1 Å². The monoisotopic (exact) mass is 434 g/mol. The van der Waals surface area contributed by atoms with Crippen molar-refractivity contribution in [1.82, 2.24) is 0 Å². The van der Waals surface area contributed by atoms with Crippen molar-refractivity contribution >= 4 is 35.1 Å². The maximum absolute atomic E-state index is 13.3. The zero-order valence-electron chi connectivity index (χ0n) is 15.1. The maximum Gasteiger partial charge on any atom is 0.228 e. The molecule has 0 aliphatic heterocycles. The number of carbonyl (C=O) groups excluding carboxylic acids is 1. The summed E-state index contributed by atoms with van der Waals surface area (Å²) >= 11 is 7.03. The fourth-order valence-corrected chi connectivity index (χ4v) is 3.27.